The molecule has 1 aromatic heterocycles. The zero-order valence-electron chi connectivity index (χ0n) is 9.35. The van der Waals surface area contributed by atoms with Crippen LogP contribution in [0.2, 0.25) is 0 Å². The van der Waals surface area contributed by atoms with Crippen molar-refractivity contribution >= 4 is 5.91 Å². The number of amides is 1. The van der Waals surface area contributed by atoms with Gasteiger partial charge in [-0.05, 0) is 30.5 Å². The average Bonchev–Trinajstić information content (AvgIpc) is 2.94. The standard InChI is InChI=1S/C14H13NO2/c16-13(12-7-4-10-17-12)15-14(8-9-14)11-5-2-1-3-6-11/h1-7,10H,8-9H2,(H,15,16). The molecule has 0 unspecified atom stereocenters. The van der Waals surface area contributed by atoms with Crippen LogP contribution < -0.4 is 5.32 Å². The molecule has 1 fully saturated rings. The molecule has 1 aromatic carbocycles. The highest BCUT2D eigenvalue weighted by Gasteiger charge is 2.45. The molecule has 1 heterocycles. The smallest absolute Gasteiger partial charge is 0.287 e. The summed E-state index contributed by atoms with van der Waals surface area (Å²) in [6, 6.07) is 13.5. The van der Waals surface area contributed by atoms with Crippen molar-refractivity contribution in [3.8, 4) is 0 Å². The van der Waals surface area contributed by atoms with Crippen molar-refractivity contribution in [3.05, 3.63) is 60.1 Å². The first-order valence-electron chi connectivity index (χ1n) is 5.72. The molecular formula is C14H13NO2. The summed E-state index contributed by atoms with van der Waals surface area (Å²) in [5.74, 6) is 0.226. The van der Waals surface area contributed by atoms with Gasteiger partial charge >= 0.3 is 0 Å². The van der Waals surface area contributed by atoms with Gasteiger partial charge in [0, 0.05) is 0 Å². The van der Waals surface area contributed by atoms with E-state index in [1.807, 2.05) is 18.2 Å². The molecule has 0 saturated heterocycles. The second-order valence-corrected chi connectivity index (χ2v) is 4.38. The molecule has 0 radical (unpaired) electrons. The van der Waals surface area contributed by atoms with Gasteiger partial charge in [0.15, 0.2) is 5.76 Å². The first kappa shape index (κ1) is 10.1. The molecule has 1 amide bonds. The molecule has 3 heteroatoms. The maximum absolute atomic E-state index is 11.9. The molecule has 1 saturated carbocycles. The minimum atomic E-state index is -0.175. The van der Waals surface area contributed by atoms with Gasteiger partial charge in [-0.15, -0.1) is 0 Å². The Morgan fingerprint density at radius 3 is 2.47 bits per heavy atom. The molecule has 17 heavy (non-hydrogen) atoms. The van der Waals surface area contributed by atoms with Crippen LogP contribution in [0, 0.1) is 0 Å². The molecule has 0 spiro atoms. The maximum atomic E-state index is 11.9. The minimum Gasteiger partial charge on any atom is -0.459 e. The number of hydrogen-bond acceptors (Lipinski definition) is 2. The van der Waals surface area contributed by atoms with E-state index in [0.717, 1.165) is 12.8 Å². The molecule has 2 aromatic rings. The fourth-order valence-corrected chi connectivity index (χ4v) is 2.05. The second kappa shape index (κ2) is 3.77. The predicted molar refractivity (Wildman–Crippen MR) is 63.5 cm³/mol. The molecular weight excluding hydrogens is 214 g/mol. The molecule has 1 aliphatic carbocycles. The van der Waals surface area contributed by atoms with Gasteiger partial charge in [0.1, 0.15) is 0 Å². The van der Waals surface area contributed by atoms with Gasteiger partial charge in [-0.3, -0.25) is 4.79 Å². The predicted octanol–water partition coefficient (Wildman–Crippen LogP) is 2.70. The first-order valence-corrected chi connectivity index (χ1v) is 5.72. The Kier molecular flexibility index (Phi) is 2.25. The highest BCUT2D eigenvalue weighted by atomic mass is 16.3. The molecule has 0 bridgehead atoms. The van der Waals surface area contributed by atoms with E-state index in [4.69, 9.17) is 4.42 Å². The monoisotopic (exact) mass is 227 g/mol. The third-order valence-electron chi connectivity index (χ3n) is 3.17. The molecule has 0 atom stereocenters. The van der Waals surface area contributed by atoms with Crippen LogP contribution in [-0.4, -0.2) is 5.91 Å². The van der Waals surface area contributed by atoms with Gasteiger partial charge in [0.25, 0.3) is 5.91 Å². The maximum Gasteiger partial charge on any atom is 0.287 e. The van der Waals surface area contributed by atoms with E-state index in [0.29, 0.717) is 5.76 Å². The fourth-order valence-electron chi connectivity index (χ4n) is 2.05. The van der Waals surface area contributed by atoms with Gasteiger partial charge in [-0.2, -0.15) is 0 Å². The topological polar surface area (TPSA) is 42.2 Å². The molecule has 0 aliphatic heterocycles. The van der Waals surface area contributed by atoms with Gasteiger partial charge in [-0.1, -0.05) is 30.3 Å². The van der Waals surface area contributed by atoms with Crippen molar-refractivity contribution in [2.24, 2.45) is 0 Å². The second-order valence-electron chi connectivity index (χ2n) is 4.38. The van der Waals surface area contributed by atoms with Crippen molar-refractivity contribution in [3.63, 3.8) is 0 Å². The highest BCUT2D eigenvalue weighted by molar-refractivity contribution is 5.92. The summed E-state index contributed by atoms with van der Waals surface area (Å²) in [6.07, 6.45) is 3.49. The minimum absolute atomic E-state index is 0.142. The largest absolute Gasteiger partial charge is 0.459 e. The summed E-state index contributed by atoms with van der Waals surface area (Å²) in [5, 5.41) is 3.05. The summed E-state index contributed by atoms with van der Waals surface area (Å²) < 4.78 is 5.09. The van der Waals surface area contributed by atoms with Gasteiger partial charge in [-0.25, -0.2) is 0 Å². The van der Waals surface area contributed by atoms with Crippen molar-refractivity contribution in [1.82, 2.24) is 5.32 Å². The highest BCUT2D eigenvalue weighted by Crippen LogP contribution is 2.45. The van der Waals surface area contributed by atoms with Crippen LogP contribution in [0.1, 0.15) is 29.0 Å². The summed E-state index contributed by atoms with van der Waals surface area (Å²) >= 11 is 0. The Morgan fingerprint density at radius 2 is 1.88 bits per heavy atom. The number of carbonyl (C=O) groups is 1. The van der Waals surface area contributed by atoms with Crippen LogP contribution >= 0.6 is 0 Å². The zero-order chi connectivity index (χ0) is 11.7. The van der Waals surface area contributed by atoms with E-state index in [2.05, 4.69) is 17.4 Å². The summed E-state index contributed by atoms with van der Waals surface area (Å²) in [4.78, 5) is 11.9. The third-order valence-corrected chi connectivity index (χ3v) is 3.17. The SMILES string of the molecule is O=C(NC1(c2ccccc2)CC1)c1ccco1. The van der Waals surface area contributed by atoms with Crippen molar-refractivity contribution in [1.29, 1.82) is 0 Å². The number of hydrogen-bond donors (Lipinski definition) is 1. The number of nitrogens with one attached hydrogen (secondary N) is 1. The fraction of sp³-hybridized carbons (Fsp3) is 0.214. The van der Waals surface area contributed by atoms with Crippen LogP contribution in [-0.2, 0) is 5.54 Å². The van der Waals surface area contributed by atoms with Crippen LogP contribution in [0.4, 0.5) is 0 Å². The van der Waals surface area contributed by atoms with E-state index in [-0.39, 0.29) is 11.4 Å². The molecule has 1 N–H and O–H groups in total. The lowest BCUT2D eigenvalue weighted by molar-refractivity contribution is 0.0902. The molecule has 86 valence electrons. The van der Waals surface area contributed by atoms with Crippen LogP contribution in [0.5, 0.6) is 0 Å². The number of carbonyl (C=O) groups excluding carboxylic acids is 1. The van der Waals surface area contributed by atoms with E-state index < -0.39 is 0 Å². The van der Waals surface area contributed by atoms with Crippen LogP contribution in [0.15, 0.2) is 53.1 Å². The van der Waals surface area contributed by atoms with Crippen molar-refractivity contribution in [2.75, 3.05) is 0 Å². The van der Waals surface area contributed by atoms with Crippen LogP contribution in [0.3, 0.4) is 0 Å². The molecule has 3 nitrogen and oxygen atoms in total. The van der Waals surface area contributed by atoms with E-state index >= 15 is 0 Å². The lowest BCUT2D eigenvalue weighted by Gasteiger charge is -2.16. The summed E-state index contributed by atoms with van der Waals surface area (Å²) in [7, 11) is 0. The zero-order valence-corrected chi connectivity index (χ0v) is 9.35. The molecule has 1 aliphatic rings. The number of rotatable bonds is 3. The van der Waals surface area contributed by atoms with Crippen molar-refractivity contribution in [2.45, 2.75) is 18.4 Å². The first-order chi connectivity index (χ1) is 8.30. The van der Waals surface area contributed by atoms with E-state index in [1.165, 1.54) is 11.8 Å². The van der Waals surface area contributed by atoms with Gasteiger partial charge in [0.2, 0.25) is 0 Å². The summed E-state index contributed by atoms with van der Waals surface area (Å²) in [5.41, 5.74) is 0.991. The lowest BCUT2D eigenvalue weighted by atomic mass is 10.1. The van der Waals surface area contributed by atoms with Gasteiger partial charge in [0.05, 0.1) is 11.8 Å². The number of benzene rings is 1. The Bertz CT molecular complexity index is 512. The summed E-state index contributed by atoms with van der Waals surface area (Å²) in [6.45, 7) is 0. The van der Waals surface area contributed by atoms with E-state index in [9.17, 15) is 4.79 Å². The molecule has 3 rings (SSSR count). The van der Waals surface area contributed by atoms with Gasteiger partial charge < -0.3 is 9.73 Å². The third kappa shape index (κ3) is 1.84. The normalized spacial score (nSPS) is 16.5. The van der Waals surface area contributed by atoms with Crippen LogP contribution in [0.25, 0.3) is 0 Å². The Labute approximate surface area is 99.4 Å². The van der Waals surface area contributed by atoms with E-state index in [1.54, 1.807) is 12.1 Å². The quantitative estimate of drug-likeness (QED) is 0.876. The average molecular weight is 227 g/mol. The lowest BCUT2D eigenvalue weighted by Crippen LogP contribution is -2.34. The Hall–Kier alpha value is -2.03. The van der Waals surface area contributed by atoms with Crippen molar-refractivity contribution < 1.29 is 9.21 Å². The Morgan fingerprint density at radius 1 is 1.12 bits per heavy atom. The Balaban J connectivity index is 1.80. The number of furan rings is 1.